The molecule has 1 saturated heterocycles. The lowest BCUT2D eigenvalue weighted by Crippen LogP contribution is -2.50. The number of piperazine rings is 1. The van der Waals surface area contributed by atoms with Gasteiger partial charge in [0.15, 0.2) is 0 Å². The Bertz CT molecular complexity index is 446. The molecule has 0 unspecified atom stereocenters. The van der Waals surface area contributed by atoms with Crippen molar-refractivity contribution in [2.75, 3.05) is 37.6 Å². The van der Waals surface area contributed by atoms with E-state index in [0.717, 1.165) is 31.7 Å². The number of carbonyl (C=O) groups excluding carboxylic acids is 1. The molecule has 2 rings (SSSR count). The average molecular weight is 318 g/mol. The van der Waals surface area contributed by atoms with Crippen molar-refractivity contribution >= 4 is 42.5 Å². The Morgan fingerprint density at radius 2 is 1.80 bits per heavy atom. The van der Waals surface area contributed by atoms with Gasteiger partial charge in [0.25, 0.3) is 0 Å². The molecule has 0 aliphatic carbocycles. The van der Waals surface area contributed by atoms with Crippen LogP contribution in [0.3, 0.4) is 0 Å². The predicted molar refractivity (Wildman–Crippen MR) is 88.9 cm³/mol. The Labute approximate surface area is 132 Å². The van der Waals surface area contributed by atoms with Crippen LogP contribution < -0.4 is 10.6 Å². The molecule has 20 heavy (non-hydrogen) atoms. The van der Waals surface area contributed by atoms with Gasteiger partial charge >= 0.3 is 0 Å². The molecule has 0 spiro atoms. The molecule has 112 valence electrons. The third kappa shape index (κ3) is 4.13. The van der Waals surface area contributed by atoms with Crippen molar-refractivity contribution in [2.45, 2.75) is 0 Å². The van der Waals surface area contributed by atoms with Crippen molar-refractivity contribution in [2.24, 2.45) is 5.73 Å². The van der Waals surface area contributed by atoms with E-state index in [-0.39, 0.29) is 37.3 Å². The first-order valence-corrected chi connectivity index (χ1v) is 6.20. The van der Waals surface area contributed by atoms with Crippen LogP contribution in [0.4, 0.5) is 5.69 Å². The minimum atomic E-state index is 0. The molecule has 2 N–H and O–H groups in total. The molecular formula is C14H21Cl2N3O. The Hall–Kier alpha value is -1.23. The summed E-state index contributed by atoms with van der Waals surface area (Å²) in [6, 6.07) is 8.19. The zero-order valence-corrected chi connectivity index (χ0v) is 13.0. The lowest BCUT2D eigenvalue weighted by molar-refractivity contribution is -0.129. The van der Waals surface area contributed by atoms with Gasteiger partial charge < -0.3 is 15.5 Å². The van der Waals surface area contributed by atoms with Crippen molar-refractivity contribution in [3.63, 3.8) is 0 Å². The van der Waals surface area contributed by atoms with Gasteiger partial charge in [-0.05, 0) is 11.6 Å². The average Bonchev–Trinajstić information content (AvgIpc) is 2.46. The van der Waals surface area contributed by atoms with Gasteiger partial charge in [-0.25, -0.2) is 0 Å². The van der Waals surface area contributed by atoms with Gasteiger partial charge in [0, 0.05) is 31.9 Å². The number of hydrogen-bond donors (Lipinski definition) is 1. The number of nitrogens with zero attached hydrogens (tertiary/aromatic N) is 2. The number of amides is 1. The zero-order chi connectivity index (χ0) is 13.0. The van der Waals surface area contributed by atoms with Crippen molar-refractivity contribution < 1.29 is 4.79 Å². The Morgan fingerprint density at radius 1 is 1.20 bits per heavy atom. The molecule has 1 aliphatic heterocycles. The van der Waals surface area contributed by atoms with Crippen LogP contribution in [0.5, 0.6) is 0 Å². The molecule has 1 amide bonds. The van der Waals surface area contributed by atoms with E-state index in [1.54, 1.807) is 0 Å². The number of rotatable bonds is 3. The van der Waals surface area contributed by atoms with Crippen molar-refractivity contribution in [3.8, 4) is 0 Å². The first kappa shape index (κ1) is 18.8. The minimum absolute atomic E-state index is 0. The summed E-state index contributed by atoms with van der Waals surface area (Å²) in [5.74, 6) is 0.0339. The molecule has 1 aromatic carbocycles. The smallest absolute Gasteiger partial charge is 0.236 e. The molecule has 1 heterocycles. The van der Waals surface area contributed by atoms with Gasteiger partial charge in [0.05, 0.1) is 6.54 Å². The second-order valence-electron chi connectivity index (χ2n) is 4.33. The first-order chi connectivity index (χ1) is 8.76. The van der Waals surface area contributed by atoms with Gasteiger partial charge in [0.1, 0.15) is 0 Å². The van der Waals surface area contributed by atoms with E-state index in [9.17, 15) is 4.79 Å². The summed E-state index contributed by atoms with van der Waals surface area (Å²) in [4.78, 5) is 15.6. The second-order valence-corrected chi connectivity index (χ2v) is 4.33. The molecule has 0 bridgehead atoms. The topological polar surface area (TPSA) is 49.6 Å². The number of para-hydroxylation sites is 1. The fourth-order valence-corrected chi connectivity index (χ4v) is 2.27. The summed E-state index contributed by atoms with van der Waals surface area (Å²) < 4.78 is 0. The van der Waals surface area contributed by atoms with E-state index in [4.69, 9.17) is 5.73 Å². The van der Waals surface area contributed by atoms with Crippen LogP contribution in [-0.4, -0.2) is 43.5 Å². The molecule has 0 aromatic heterocycles. The number of benzene rings is 1. The fourth-order valence-electron chi connectivity index (χ4n) is 2.27. The molecule has 4 nitrogen and oxygen atoms in total. The predicted octanol–water partition coefficient (Wildman–Crippen LogP) is 1.78. The highest BCUT2D eigenvalue weighted by molar-refractivity contribution is 5.85. The molecule has 0 radical (unpaired) electrons. The molecule has 6 heteroatoms. The van der Waals surface area contributed by atoms with Crippen LogP contribution >= 0.6 is 24.8 Å². The quantitative estimate of drug-likeness (QED) is 0.924. The van der Waals surface area contributed by atoms with Crippen LogP contribution in [0.25, 0.3) is 6.08 Å². The van der Waals surface area contributed by atoms with E-state index >= 15 is 0 Å². The maximum absolute atomic E-state index is 11.5. The van der Waals surface area contributed by atoms with Crippen LogP contribution in [0.1, 0.15) is 5.56 Å². The molecular weight excluding hydrogens is 297 g/mol. The third-order valence-electron chi connectivity index (χ3n) is 3.30. The monoisotopic (exact) mass is 317 g/mol. The number of carbonyl (C=O) groups is 1. The normalized spacial score (nSPS) is 14.1. The molecule has 1 aromatic rings. The maximum Gasteiger partial charge on any atom is 0.236 e. The summed E-state index contributed by atoms with van der Waals surface area (Å²) in [5.41, 5.74) is 7.70. The molecule has 0 atom stereocenters. The first-order valence-electron chi connectivity index (χ1n) is 6.20. The number of nitrogens with two attached hydrogens (primary N) is 1. The summed E-state index contributed by atoms with van der Waals surface area (Å²) in [6.07, 6.45) is 1.87. The number of anilines is 1. The molecule has 1 fully saturated rings. The molecule has 0 saturated carbocycles. The number of halogens is 2. The maximum atomic E-state index is 11.5. The van der Waals surface area contributed by atoms with Gasteiger partial charge in [-0.3, -0.25) is 4.79 Å². The Balaban J connectivity index is 0.00000180. The highest BCUT2D eigenvalue weighted by Gasteiger charge is 2.20. The van der Waals surface area contributed by atoms with E-state index in [1.165, 1.54) is 5.69 Å². The van der Waals surface area contributed by atoms with Gasteiger partial charge in [0.2, 0.25) is 5.91 Å². The largest absolute Gasteiger partial charge is 0.367 e. The SMILES string of the molecule is C=Cc1ccccc1N1CCN(C(=O)CN)CC1.Cl.Cl. The second kappa shape index (κ2) is 8.84. The summed E-state index contributed by atoms with van der Waals surface area (Å²) >= 11 is 0. The lowest BCUT2D eigenvalue weighted by atomic mass is 10.1. The van der Waals surface area contributed by atoms with Crippen LogP contribution in [-0.2, 0) is 4.79 Å². The summed E-state index contributed by atoms with van der Waals surface area (Å²) in [5, 5.41) is 0. The number of hydrogen-bond acceptors (Lipinski definition) is 3. The highest BCUT2D eigenvalue weighted by atomic mass is 35.5. The fraction of sp³-hybridized carbons (Fsp3) is 0.357. The van der Waals surface area contributed by atoms with Crippen LogP contribution in [0.2, 0.25) is 0 Å². The summed E-state index contributed by atoms with van der Waals surface area (Å²) in [6.45, 7) is 7.10. The standard InChI is InChI=1S/C14H19N3O.2ClH/c1-2-12-5-3-4-6-13(12)16-7-9-17(10-8-16)14(18)11-15;;/h2-6H,1,7-11,15H2;2*1H. The van der Waals surface area contributed by atoms with Crippen molar-refractivity contribution in [3.05, 3.63) is 36.4 Å². The van der Waals surface area contributed by atoms with E-state index in [2.05, 4.69) is 23.6 Å². The highest BCUT2D eigenvalue weighted by Crippen LogP contribution is 2.22. The third-order valence-corrected chi connectivity index (χ3v) is 3.30. The van der Waals surface area contributed by atoms with Gasteiger partial charge in [-0.2, -0.15) is 0 Å². The Morgan fingerprint density at radius 3 is 2.35 bits per heavy atom. The van der Waals surface area contributed by atoms with Crippen molar-refractivity contribution in [1.82, 2.24) is 4.90 Å². The minimum Gasteiger partial charge on any atom is -0.367 e. The van der Waals surface area contributed by atoms with Gasteiger partial charge in [-0.15, -0.1) is 24.8 Å². The van der Waals surface area contributed by atoms with E-state index < -0.39 is 0 Å². The lowest BCUT2D eigenvalue weighted by Gasteiger charge is -2.36. The van der Waals surface area contributed by atoms with Gasteiger partial charge in [-0.1, -0.05) is 30.9 Å². The van der Waals surface area contributed by atoms with E-state index in [1.807, 2.05) is 23.1 Å². The van der Waals surface area contributed by atoms with Crippen molar-refractivity contribution in [1.29, 1.82) is 0 Å². The van der Waals surface area contributed by atoms with Crippen LogP contribution in [0, 0.1) is 0 Å². The Kier molecular flexibility index (Phi) is 8.30. The zero-order valence-electron chi connectivity index (χ0n) is 11.3. The summed E-state index contributed by atoms with van der Waals surface area (Å²) in [7, 11) is 0. The van der Waals surface area contributed by atoms with Crippen LogP contribution in [0.15, 0.2) is 30.8 Å². The van der Waals surface area contributed by atoms with E-state index in [0.29, 0.717) is 0 Å². The molecule has 1 aliphatic rings.